The van der Waals surface area contributed by atoms with Gasteiger partial charge in [-0.1, -0.05) is 129 Å². The number of unbranched alkanes of at least 4 members (excludes halogenated alkanes) is 19. The quantitative estimate of drug-likeness (QED) is 0.0748. The van der Waals surface area contributed by atoms with E-state index in [1.165, 1.54) is 122 Å². The van der Waals surface area contributed by atoms with Crippen molar-refractivity contribution in [3.63, 3.8) is 0 Å². The SMILES string of the molecule is CCCCCCCCCCCCCCCCCCCCCCOC(OC(C)C)C(C)(OC(C)C)N(C)C. The minimum absolute atomic E-state index is 0.0925. The molecule has 4 nitrogen and oxygen atoms in total. The Labute approximate surface area is 234 Å². The predicted molar refractivity (Wildman–Crippen MR) is 162 cm³/mol. The molecule has 0 rings (SSSR count). The minimum atomic E-state index is -0.605. The Balaban J connectivity index is 3.66. The maximum Gasteiger partial charge on any atom is 0.200 e. The highest BCUT2D eigenvalue weighted by Gasteiger charge is 2.41. The van der Waals surface area contributed by atoms with E-state index in [0.29, 0.717) is 0 Å². The summed E-state index contributed by atoms with van der Waals surface area (Å²) in [6.45, 7) is 13.3. The van der Waals surface area contributed by atoms with Crippen molar-refractivity contribution in [3.8, 4) is 0 Å². The molecule has 0 aliphatic carbocycles. The van der Waals surface area contributed by atoms with Crippen LogP contribution in [-0.4, -0.2) is 49.8 Å². The summed E-state index contributed by atoms with van der Waals surface area (Å²) in [5, 5.41) is 0. The van der Waals surface area contributed by atoms with Gasteiger partial charge >= 0.3 is 0 Å². The Morgan fingerprint density at radius 3 is 1.19 bits per heavy atom. The van der Waals surface area contributed by atoms with Crippen LogP contribution in [-0.2, 0) is 14.2 Å². The average molecular weight is 528 g/mol. The molecule has 0 fully saturated rings. The van der Waals surface area contributed by atoms with Gasteiger partial charge in [0.2, 0.25) is 6.29 Å². The molecule has 0 heterocycles. The van der Waals surface area contributed by atoms with Crippen molar-refractivity contribution >= 4 is 0 Å². The van der Waals surface area contributed by atoms with Gasteiger partial charge in [-0.15, -0.1) is 0 Å². The van der Waals surface area contributed by atoms with E-state index in [1.807, 2.05) is 14.1 Å². The van der Waals surface area contributed by atoms with Crippen LogP contribution in [0.2, 0.25) is 0 Å². The third-order valence-electron chi connectivity index (χ3n) is 7.46. The van der Waals surface area contributed by atoms with Gasteiger partial charge in [-0.25, -0.2) is 0 Å². The molecule has 0 aromatic carbocycles. The molecule has 0 amide bonds. The van der Waals surface area contributed by atoms with E-state index >= 15 is 0 Å². The van der Waals surface area contributed by atoms with Crippen molar-refractivity contribution in [3.05, 3.63) is 0 Å². The zero-order valence-corrected chi connectivity index (χ0v) is 26.8. The molecule has 2 unspecified atom stereocenters. The van der Waals surface area contributed by atoms with E-state index in [4.69, 9.17) is 14.2 Å². The summed E-state index contributed by atoms with van der Waals surface area (Å²) in [4.78, 5) is 2.07. The second-order valence-corrected chi connectivity index (χ2v) is 12.2. The Kier molecular flexibility index (Phi) is 24.7. The molecule has 0 bridgehead atoms. The van der Waals surface area contributed by atoms with Gasteiger partial charge in [0.15, 0.2) is 5.72 Å². The highest BCUT2D eigenvalue weighted by Crippen LogP contribution is 2.26. The lowest BCUT2D eigenvalue weighted by Crippen LogP contribution is -2.57. The van der Waals surface area contributed by atoms with Gasteiger partial charge in [-0.05, 0) is 55.1 Å². The molecule has 0 spiro atoms. The zero-order chi connectivity index (χ0) is 27.8. The molecule has 37 heavy (non-hydrogen) atoms. The highest BCUT2D eigenvalue weighted by molar-refractivity contribution is 4.78. The van der Waals surface area contributed by atoms with E-state index in [1.54, 1.807) is 0 Å². The number of hydrogen-bond donors (Lipinski definition) is 0. The predicted octanol–water partition coefficient (Wildman–Crippen LogP) is 10.3. The standard InChI is InChI=1S/C33H69NO3/c1-9-10-11-12-13-14-15-16-17-18-19-20-21-22-23-24-25-26-27-28-29-35-32(36-30(2)3)33(6,34(7)8)37-31(4)5/h30-32H,9-29H2,1-8H3. The van der Waals surface area contributed by atoms with Crippen molar-refractivity contribution in [2.45, 2.75) is 194 Å². The van der Waals surface area contributed by atoms with Crippen molar-refractivity contribution < 1.29 is 14.2 Å². The normalized spacial score (nSPS) is 14.7. The van der Waals surface area contributed by atoms with Gasteiger partial charge in [0.25, 0.3) is 0 Å². The number of hydrogen-bond acceptors (Lipinski definition) is 4. The molecule has 0 N–H and O–H groups in total. The largest absolute Gasteiger partial charge is 0.353 e. The van der Waals surface area contributed by atoms with Crippen LogP contribution >= 0.6 is 0 Å². The van der Waals surface area contributed by atoms with Crippen molar-refractivity contribution in [1.29, 1.82) is 0 Å². The van der Waals surface area contributed by atoms with E-state index in [9.17, 15) is 0 Å². The molecule has 0 saturated heterocycles. The Bertz CT molecular complexity index is 468. The molecule has 0 aromatic rings. The van der Waals surface area contributed by atoms with Crippen LogP contribution in [0.1, 0.15) is 170 Å². The minimum Gasteiger partial charge on any atom is -0.353 e. The highest BCUT2D eigenvalue weighted by atomic mass is 16.7. The first-order chi connectivity index (χ1) is 17.7. The van der Waals surface area contributed by atoms with Crippen LogP contribution in [0.15, 0.2) is 0 Å². The van der Waals surface area contributed by atoms with Crippen LogP contribution < -0.4 is 0 Å². The molecule has 4 heteroatoms. The van der Waals surface area contributed by atoms with E-state index in [0.717, 1.165) is 13.0 Å². The number of ether oxygens (including phenoxy) is 3. The zero-order valence-electron chi connectivity index (χ0n) is 26.8. The molecule has 0 aliphatic rings. The summed E-state index contributed by atoms with van der Waals surface area (Å²) >= 11 is 0. The third-order valence-corrected chi connectivity index (χ3v) is 7.46. The molecule has 0 aliphatic heterocycles. The van der Waals surface area contributed by atoms with Crippen LogP contribution in [0.5, 0.6) is 0 Å². The van der Waals surface area contributed by atoms with Crippen molar-refractivity contribution in [1.82, 2.24) is 4.90 Å². The molecule has 2 atom stereocenters. The number of rotatable bonds is 28. The Hall–Kier alpha value is -0.160. The van der Waals surface area contributed by atoms with Crippen LogP contribution in [0.4, 0.5) is 0 Å². The summed E-state index contributed by atoms with van der Waals surface area (Å²) in [5.74, 6) is 0. The fourth-order valence-corrected chi connectivity index (χ4v) is 4.96. The number of likely N-dealkylation sites (N-methyl/N-ethyl adjacent to an activating group) is 1. The maximum atomic E-state index is 6.24. The summed E-state index contributed by atoms with van der Waals surface area (Å²) in [6.07, 6.45) is 27.8. The first-order valence-electron chi connectivity index (χ1n) is 16.4. The summed E-state index contributed by atoms with van der Waals surface area (Å²) in [7, 11) is 4.06. The lowest BCUT2D eigenvalue weighted by atomic mass is 10.0. The lowest BCUT2D eigenvalue weighted by Gasteiger charge is -2.43. The average Bonchev–Trinajstić information content (AvgIpc) is 2.83. The maximum absolute atomic E-state index is 6.24. The second-order valence-electron chi connectivity index (χ2n) is 12.2. The first kappa shape index (κ1) is 36.8. The van der Waals surface area contributed by atoms with E-state index in [-0.39, 0.29) is 12.2 Å². The smallest absolute Gasteiger partial charge is 0.200 e. The fourth-order valence-electron chi connectivity index (χ4n) is 4.96. The van der Waals surface area contributed by atoms with Crippen molar-refractivity contribution in [2.24, 2.45) is 0 Å². The molecule has 0 radical (unpaired) electrons. The van der Waals surface area contributed by atoms with Crippen LogP contribution in [0.3, 0.4) is 0 Å². The van der Waals surface area contributed by atoms with Gasteiger partial charge in [-0.3, -0.25) is 4.90 Å². The second kappa shape index (κ2) is 24.9. The Morgan fingerprint density at radius 2 is 0.892 bits per heavy atom. The molecular weight excluding hydrogens is 458 g/mol. The summed E-state index contributed by atoms with van der Waals surface area (Å²) < 4.78 is 18.6. The monoisotopic (exact) mass is 528 g/mol. The van der Waals surface area contributed by atoms with Gasteiger partial charge < -0.3 is 14.2 Å². The van der Waals surface area contributed by atoms with Crippen molar-refractivity contribution in [2.75, 3.05) is 20.7 Å². The Morgan fingerprint density at radius 1 is 0.541 bits per heavy atom. The summed E-state index contributed by atoms with van der Waals surface area (Å²) in [5.41, 5.74) is -0.605. The molecular formula is C33H69NO3. The molecule has 0 saturated carbocycles. The topological polar surface area (TPSA) is 30.9 Å². The fraction of sp³-hybridized carbons (Fsp3) is 1.00. The van der Waals surface area contributed by atoms with Gasteiger partial charge in [-0.2, -0.15) is 0 Å². The lowest BCUT2D eigenvalue weighted by molar-refractivity contribution is -0.308. The van der Waals surface area contributed by atoms with Gasteiger partial charge in [0, 0.05) is 6.61 Å². The van der Waals surface area contributed by atoms with Crippen LogP contribution in [0, 0.1) is 0 Å². The summed E-state index contributed by atoms with van der Waals surface area (Å²) in [6, 6.07) is 0. The van der Waals surface area contributed by atoms with E-state index < -0.39 is 12.0 Å². The first-order valence-corrected chi connectivity index (χ1v) is 16.4. The molecule has 224 valence electrons. The van der Waals surface area contributed by atoms with Gasteiger partial charge in [0.1, 0.15) is 0 Å². The van der Waals surface area contributed by atoms with Crippen LogP contribution in [0.25, 0.3) is 0 Å². The van der Waals surface area contributed by atoms with Gasteiger partial charge in [0.05, 0.1) is 12.2 Å². The van der Waals surface area contributed by atoms with E-state index in [2.05, 4.69) is 46.4 Å². The number of nitrogens with zero attached hydrogens (tertiary/aromatic N) is 1. The third kappa shape index (κ3) is 21.4. The molecule has 0 aromatic heterocycles.